The number of sulfonamides is 3. The molecule has 37 heteroatoms. The maximum Gasteiger partial charge on any atom is 0.348 e. The molecule has 110 heavy (non-hydrogen) atoms. The molecule has 6 aliphatic rings. The highest BCUT2D eigenvalue weighted by molar-refractivity contribution is 8.15. The summed E-state index contributed by atoms with van der Waals surface area (Å²) in [6, 6.07) is 16.0. The quantitative estimate of drug-likeness (QED) is 0.0390. The van der Waals surface area contributed by atoms with Gasteiger partial charge in [-0.3, -0.25) is 37.7 Å². The summed E-state index contributed by atoms with van der Waals surface area (Å²) in [5.41, 5.74) is 1.06. The number of amidine groups is 3. The van der Waals surface area contributed by atoms with E-state index in [1.807, 2.05) is 62.3 Å². The fraction of sp³-hybridized carbons (Fsp3) is 0.507. The van der Waals surface area contributed by atoms with Gasteiger partial charge in [-0.05, 0) is 144 Å². The summed E-state index contributed by atoms with van der Waals surface area (Å²) in [7, 11) is -19.0. The number of aryl methyl sites for hydroxylation is 1. The molecule has 0 saturated carbocycles. The molecule has 4 aromatic carbocycles. The normalized spacial score (nSPS) is 22.4. The number of rotatable bonds is 19. The topological polar surface area (TPSA) is 406 Å². The van der Waals surface area contributed by atoms with Crippen molar-refractivity contribution < 1.29 is 82.4 Å². The smallest absolute Gasteiger partial charge is 0.348 e. The highest BCUT2D eigenvalue weighted by atomic mass is 32.4. The highest BCUT2D eigenvalue weighted by Gasteiger charge is 2.52. The number of benzene rings is 4. The molecule has 0 spiro atoms. The number of anilines is 6. The van der Waals surface area contributed by atoms with Crippen LogP contribution < -0.4 is 46.0 Å². The van der Waals surface area contributed by atoms with Gasteiger partial charge >= 0.3 is 15.0 Å². The molecule has 4 aromatic rings. The van der Waals surface area contributed by atoms with Crippen molar-refractivity contribution in [1.82, 2.24) is 14.7 Å². The fourth-order valence-electron chi connectivity index (χ4n) is 13.2. The predicted molar refractivity (Wildman–Crippen MR) is 440 cm³/mol. The average molecular weight is 1660 g/mol. The van der Waals surface area contributed by atoms with Gasteiger partial charge in [-0.25, -0.2) is 34.4 Å². The predicted octanol–water partition coefficient (Wildman–Crippen LogP) is 12.6. The molecule has 6 aliphatic heterocycles. The molecule has 0 aromatic heterocycles. The number of aliphatic hydroxyl groups is 3. The molecule has 6 unspecified atom stereocenters. The number of hydrogen-bond donors (Lipinski definition) is 10. The average Bonchev–Trinajstić information content (AvgIpc) is 1.52. The Hall–Kier alpha value is -7.51. The van der Waals surface area contributed by atoms with Crippen LogP contribution in [-0.4, -0.2) is 159 Å². The summed E-state index contributed by atoms with van der Waals surface area (Å²) in [6.45, 7) is 36.2. The van der Waals surface area contributed by atoms with Crippen LogP contribution in [0.1, 0.15) is 149 Å². The molecule has 0 saturated heterocycles. The first-order valence-electron chi connectivity index (χ1n) is 35.0. The number of amides is 3. The molecular weight excluding hydrogens is 1560 g/mol. The maximum atomic E-state index is 14.0. The number of halogens is 1. The summed E-state index contributed by atoms with van der Waals surface area (Å²) >= 11 is 5.89. The molecule has 29 nitrogen and oxygen atoms in total. The van der Waals surface area contributed by atoms with Crippen LogP contribution >= 0.6 is 21.5 Å². The van der Waals surface area contributed by atoms with E-state index < -0.39 is 97.7 Å². The minimum absolute atomic E-state index is 0. The van der Waals surface area contributed by atoms with Crippen molar-refractivity contribution in [1.29, 1.82) is 0 Å². The highest BCUT2D eigenvalue weighted by Crippen LogP contribution is 2.56. The number of nitrogens with one attached hydrogen (secondary N) is 6. The number of carbonyl (C=O) groups excluding carboxylic acids is 3. The van der Waals surface area contributed by atoms with Crippen LogP contribution in [0.3, 0.4) is 0 Å². The van der Waals surface area contributed by atoms with E-state index in [0.29, 0.717) is 53.0 Å². The lowest BCUT2D eigenvalue weighted by Crippen LogP contribution is -2.45. The number of fused-ring (bicyclic) bond motifs is 3. The Balaban J connectivity index is 0.000000229. The van der Waals surface area contributed by atoms with Crippen LogP contribution in [0.25, 0.3) is 0 Å². The summed E-state index contributed by atoms with van der Waals surface area (Å²) in [5.74, 6) is -2.26. The molecule has 0 radical (unpaired) electrons. The Labute approximate surface area is 651 Å². The third-order valence-corrected chi connectivity index (χ3v) is 26.3. The number of hydrogen-bond acceptors (Lipinski definition) is 20. The van der Waals surface area contributed by atoms with Crippen LogP contribution in [0.15, 0.2) is 121 Å². The first-order chi connectivity index (χ1) is 49.7. The zero-order chi connectivity index (χ0) is 82.0. The second kappa shape index (κ2) is 32.2. The van der Waals surface area contributed by atoms with Crippen molar-refractivity contribution in [2.75, 3.05) is 75.2 Å². The van der Waals surface area contributed by atoms with E-state index in [1.165, 1.54) is 47.4 Å². The standard InChI is InChI=1S/C26H32FN4O6PS.C24H37N4O5PS2.C22H33N4O6PS.CH4/c1-7-37-38(34)20-13-17(30-39(6,35)36)9-11-19(20)28-24(29-38)21-22(32)23(26(3,4)5)31(25(21)33)14-16-8-10-18(27)15(2)12-16;1-9-33-34(35)17-14-15(27-36(8,31)32)10-11-16(17)25-21(26-34)18-19(29)20(24(5,6)7)28(22(18)30)13-12-23(2,3)4;1-21(2,3)10-11-26-18(22(4,5)6)17(27)16(20(26)28)19-23-14-9-8-13(25-34(7,31)32)12-15(14)33(29,30)24-19;/h8-13,23,30,32H,7,14H2,1-6H3,(H,28,29,34);10-11,14,20,27,29H,9,12-13H2,1-8H3,(H,25,26,35);8-9,12,18,25,27H,10-11H2,1-7H3,(H2,23,24,29,30);1H4. The number of carbonyl (C=O) groups is 3. The van der Waals surface area contributed by atoms with Crippen LogP contribution in [0.5, 0.6) is 0 Å². The zero-order valence-electron chi connectivity index (χ0n) is 65.2. The van der Waals surface area contributed by atoms with Gasteiger partial charge < -0.3 is 59.9 Å². The Kier molecular flexibility index (Phi) is 26.2. The minimum Gasteiger partial charge on any atom is -0.509 e. The van der Waals surface area contributed by atoms with Crippen molar-refractivity contribution in [3.05, 3.63) is 124 Å². The van der Waals surface area contributed by atoms with E-state index in [-0.39, 0.29) is 129 Å². The Morgan fingerprint density at radius 2 is 0.864 bits per heavy atom. The van der Waals surface area contributed by atoms with Gasteiger partial charge in [0.2, 0.25) is 36.5 Å². The van der Waals surface area contributed by atoms with Crippen LogP contribution in [-0.2, 0) is 81.0 Å². The Morgan fingerprint density at radius 1 is 0.518 bits per heavy atom. The van der Waals surface area contributed by atoms with Gasteiger partial charge in [0.25, 0.3) is 17.7 Å². The molecule has 0 fully saturated rings. The van der Waals surface area contributed by atoms with Crippen molar-refractivity contribution in [2.24, 2.45) is 41.4 Å². The Morgan fingerprint density at radius 3 is 1.24 bits per heavy atom. The lowest BCUT2D eigenvalue weighted by Gasteiger charge is -2.36. The van der Waals surface area contributed by atoms with Crippen LogP contribution in [0, 0.1) is 39.8 Å². The van der Waals surface area contributed by atoms with Gasteiger partial charge in [-0.2, -0.15) is 9.53 Å². The lowest BCUT2D eigenvalue weighted by atomic mass is 9.84. The Bertz CT molecular complexity index is 5070. The molecule has 10 N–H and O–H groups in total. The molecular formula is C73H106FN12O17P3S4. The third-order valence-electron chi connectivity index (χ3n) is 17.7. The summed E-state index contributed by atoms with van der Waals surface area (Å²) < 4.78 is 142. The van der Waals surface area contributed by atoms with E-state index in [1.54, 1.807) is 60.9 Å². The zero-order valence-corrected chi connectivity index (χ0v) is 71.2. The monoisotopic (exact) mass is 1660 g/mol. The molecule has 6 atom stereocenters. The van der Waals surface area contributed by atoms with Crippen LogP contribution in [0.4, 0.5) is 38.5 Å². The molecule has 6 heterocycles. The van der Waals surface area contributed by atoms with E-state index in [2.05, 4.69) is 81.2 Å². The number of aliphatic hydroxyl groups excluding tert-OH is 3. The van der Waals surface area contributed by atoms with Gasteiger partial charge in [0.15, 0.2) is 11.7 Å². The molecule has 0 aliphatic carbocycles. The van der Waals surface area contributed by atoms with Gasteiger partial charge in [0.1, 0.15) is 45.6 Å². The summed E-state index contributed by atoms with van der Waals surface area (Å²) in [4.78, 5) is 56.5. The molecule has 10 rings (SSSR count). The SMILES string of the molecule is C.CC(C)(C)CCN1C(=O)C(C2=NP(=O)(O)c3cc(NS(C)(=O)=O)ccc3N2)=C(O)C1C(C)(C)C.CCOP1(=O)N=C(C2=C(O)C(C(C)(C)C)N(Cc3ccc(F)c(C)c3)C2=O)Nc2ccc(NS(C)(=O)=O)cc21.CCOP1(=S)N=C(C2=C(O)C(C(C)(C)C)N(CCC(C)(C)C)C2=O)Nc2ccc(NS(C)(=O)=O)cc21. The second-order valence-corrected chi connectivity index (χ2v) is 45.6. The van der Waals surface area contributed by atoms with Crippen molar-refractivity contribution in [3.8, 4) is 0 Å². The van der Waals surface area contributed by atoms with Gasteiger partial charge in [0.05, 0.1) is 83.1 Å². The van der Waals surface area contributed by atoms with E-state index in [4.69, 9.17) is 25.6 Å². The first kappa shape index (κ1) is 89.7. The summed E-state index contributed by atoms with van der Waals surface area (Å²) in [6.07, 6.45) is 1.42. The van der Waals surface area contributed by atoms with E-state index in [9.17, 15) is 73.4 Å². The maximum absolute atomic E-state index is 14.0. The van der Waals surface area contributed by atoms with Crippen LogP contribution in [0.2, 0.25) is 0 Å². The van der Waals surface area contributed by atoms with Gasteiger partial charge in [-0.1, -0.05) is 123 Å². The largest absolute Gasteiger partial charge is 0.509 e. The van der Waals surface area contributed by atoms with Crippen molar-refractivity contribution in [3.63, 3.8) is 0 Å². The second-order valence-electron chi connectivity index (χ2n) is 33.2. The molecule has 3 amide bonds. The van der Waals surface area contributed by atoms with E-state index in [0.717, 1.165) is 25.2 Å². The molecule has 606 valence electrons. The summed E-state index contributed by atoms with van der Waals surface area (Å²) in [5, 5.41) is 43.5. The fourth-order valence-corrected chi connectivity index (χ4v) is 20.7. The first-order valence-corrected chi connectivity index (χ1v) is 46.5. The van der Waals surface area contributed by atoms with Crippen molar-refractivity contribution >= 4 is 149 Å². The van der Waals surface area contributed by atoms with Gasteiger partial charge in [0, 0.05) is 36.7 Å². The lowest BCUT2D eigenvalue weighted by molar-refractivity contribution is -0.129. The minimum atomic E-state index is -4.38. The molecule has 0 bridgehead atoms. The van der Waals surface area contributed by atoms with Crippen molar-refractivity contribution in [2.45, 2.75) is 170 Å². The van der Waals surface area contributed by atoms with E-state index >= 15 is 0 Å². The van der Waals surface area contributed by atoms with Gasteiger partial charge in [-0.15, -0.1) is 0 Å². The number of nitrogens with zero attached hydrogens (tertiary/aromatic N) is 6. The third kappa shape index (κ3) is 20.8.